The van der Waals surface area contributed by atoms with Gasteiger partial charge in [0.25, 0.3) is 5.91 Å². The smallest absolute Gasteiger partial charge is 0.311 e. The number of furan rings is 1. The number of amides is 1. The van der Waals surface area contributed by atoms with Gasteiger partial charge in [-0.2, -0.15) is 0 Å². The van der Waals surface area contributed by atoms with Gasteiger partial charge in [0.1, 0.15) is 18.0 Å². The lowest BCUT2D eigenvalue weighted by molar-refractivity contribution is -0.136. The third kappa shape index (κ3) is 2.84. The molecule has 1 aromatic carbocycles. The lowest BCUT2D eigenvalue weighted by atomic mass is 9.99. The number of aryl methyl sites for hydroxylation is 2. The van der Waals surface area contributed by atoms with Crippen molar-refractivity contribution in [2.24, 2.45) is 0 Å². The van der Waals surface area contributed by atoms with Gasteiger partial charge in [0, 0.05) is 17.8 Å². The molecule has 0 fully saturated rings. The van der Waals surface area contributed by atoms with Gasteiger partial charge in [0.15, 0.2) is 0 Å². The number of carbonyl (C=O) groups excluding carboxylic acids is 1. The number of carbonyl (C=O) groups is 2. The van der Waals surface area contributed by atoms with E-state index in [4.69, 9.17) is 9.52 Å². The molecule has 0 spiro atoms. The van der Waals surface area contributed by atoms with Crippen LogP contribution in [0, 0.1) is 12.7 Å². The van der Waals surface area contributed by atoms with E-state index in [1.54, 1.807) is 17.9 Å². The van der Waals surface area contributed by atoms with Gasteiger partial charge in [-0.25, -0.2) is 4.39 Å². The molecule has 0 atom stereocenters. The van der Waals surface area contributed by atoms with Crippen LogP contribution in [0.4, 0.5) is 10.1 Å². The van der Waals surface area contributed by atoms with Crippen LogP contribution < -0.4 is 4.90 Å². The normalized spacial score (nSPS) is 13.7. The zero-order valence-corrected chi connectivity index (χ0v) is 12.6. The van der Waals surface area contributed by atoms with Crippen molar-refractivity contribution in [2.75, 3.05) is 11.4 Å². The topological polar surface area (TPSA) is 70.7 Å². The van der Waals surface area contributed by atoms with Crippen LogP contribution >= 0.6 is 0 Å². The quantitative estimate of drug-likeness (QED) is 0.945. The molecule has 0 bridgehead atoms. The summed E-state index contributed by atoms with van der Waals surface area (Å²) in [5, 5.41) is 8.95. The number of aliphatic carboxylic acids is 1. The fourth-order valence-electron chi connectivity index (χ4n) is 2.96. The Morgan fingerprint density at radius 3 is 2.91 bits per heavy atom. The number of hydrogen-bond acceptors (Lipinski definition) is 3. The van der Waals surface area contributed by atoms with Crippen LogP contribution in [-0.4, -0.2) is 23.5 Å². The molecule has 6 heteroatoms. The fourth-order valence-corrected chi connectivity index (χ4v) is 2.96. The van der Waals surface area contributed by atoms with Crippen molar-refractivity contribution >= 4 is 17.6 Å². The zero-order chi connectivity index (χ0) is 16.6. The van der Waals surface area contributed by atoms with Gasteiger partial charge in [-0.3, -0.25) is 9.59 Å². The van der Waals surface area contributed by atoms with Gasteiger partial charge in [-0.1, -0.05) is 0 Å². The molecule has 1 aliphatic heterocycles. The van der Waals surface area contributed by atoms with Gasteiger partial charge >= 0.3 is 5.97 Å². The fraction of sp³-hybridized carbons (Fsp3) is 0.294. The Morgan fingerprint density at radius 2 is 2.17 bits per heavy atom. The number of rotatable bonds is 3. The summed E-state index contributed by atoms with van der Waals surface area (Å²) in [5.74, 6) is -1.55. The summed E-state index contributed by atoms with van der Waals surface area (Å²) in [6.45, 7) is 2.21. The Balaban J connectivity index is 2.00. The molecule has 23 heavy (non-hydrogen) atoms. The van der Waals surface area contributed by atoms with E-state index >= 15 is 0 Å². The number of carboxylic acids is 1. The van der Waals surface area contributed by atoms with E-state index in [-0.39, 0.29) is 29.5 Å². The number of benzene rings is 1. The van der Waals surface area contributed by atoms with Gasteiger partial charge < -0.3 is 14.4 Å². The van der Waals surface area contributed by atoms with E-state index in [1.807, 2.05) is 0 Å². The number of fused-ring (bicyclic) bond motifs is 1. The molecule has 0 saturated heterocycles. The van der Waals surface area contributed by atoms with Gasteiger partial charge in [0.2, 0.25) is 0 Å². The lowest BCUT2D eigenvalue weighted by Gasteiger charge is -2.29. The third-order valence-corrected chi connectivity index (χ3v) is 3.98. The van der Waals surface area contributed by atoms with E-state index in [0.29, 0.717) is 24.2 Å². The van der Waals surface area contributed by atoms with E-state index in [2.05, 4.69) is 0 Å². The minimum atomic E-state index is -1.06. The van der Waals surface area contributed by atoms with Crippen molar-refractivity contribution in [3.8, 4) is 0 Å². The summed E-state index contributed by atoms with van der Waals surface area (Å²) in [5.41, 5.74) is 2.33. The van der Waals surface area contributed by atoms with Crippen molar-refractivity contribution in [2.45, 2.75) is 26.2 Å². The second-order valence-electron chi connectivity index (χ2n) is 5.62. The first kappa shape index (κ1) is 15.3. The summed E-state index contributed by atoms with van der Waals surface area (Å²) < 4.78 is 18.6. The maximum absolute atomic E-state index is 13.4. The van der Waals surface area contributed by atoms with Gasteiger partial charge in [0.05, 0.1) is 11.8 Å². The molecule has 1 aromatic heterocycles. The molecule has 0 saturated carbocycles. The van der Waals surface area contributed by atoms with E-state index in [1.165, 1.54) is 18.4 Å². The number of nitrogens with zero attached hydrogens (tertiary/aromatic N) is 1. The summed E-state index contributed by atoms with van der Waals surface area (Å²) >= 11 is 0. The van der Waals surface area contributed by atoms with E-state index in [0.717, 1.165) is 12.0 Å². The van der Waals surface area contributed by atoms with E-state index < -0.39 is 5.97 Å². The molecular formula is C17H16FNO4. The molecule has 1 aliphatic rings. The Kier molecular flexibility index (Phi) is 3.90. The summed E-state index contributed by atoms with van der Waals surface area (Å²) in [7, 11) is 0. The highest BCUT2D eigenvalue weighted by Gasteiger charge is 2.29. The molecule has 0 radical (unpaired) electrons. The lowest BCUT2D eigenvalue weighted by Crippen LogP contribution is -2.36. The number of carboxylic acid groups (broad SMARTS) is 1. The van der Waals surface area contributed by atoms with Gasteiger partial charge in [-0.15, -0.1) is 0 Å². The Hall–Kier alpha value is -2.63. The molecule has 1 N–H and O–H groups in total. The second kappa shape index (κ2) is 5.87. The number of anilines is 1. The predicted octanol–water partition coefficient (Wildman–Crippen LogP) is 2.95. The highest BCUT2D eigenvalue weighted by atomic mass is 19.1. The minimum absolute atomic E-state index is 0.147. The molecule has 0 aliphatic carbocycles. The van der Waals surface area contributed by atoms with Crippen LogP contribution in [0.3, 0.4) is 0 Å². The average molecular weight is 317 g/mol. The van der Waals surface area contributed by atoms with Crippen LogP contribution in [0.25, 0.3) is 0 Å². The maximum atomic E-state index is 13.4. The van der Waals surface area contributed by atoms with Crippen LogP contribution in [0.1, 0.15) is 33.7 Å². The summed E-state index contributed by atoms with van der Waals surface area (Å²) in [6.07, 6.45) is 2.48. The molecule has 5 nitrogen and oxygen atoms in total. The average Bonchev–Trinajstić information content (AvgIpc) is 2.85. The van der Waals surface area contributed by atoms with Crippen molar-refractivity contribution < 1.29 is 23.5 Å². The Morgan fingerprint density at radius 1 is 1.39 bits per heavy atom. The van der Waals surface area contributed by atoms with Crippen molar-refractivity contribution in [3.63, 3.8) is 0 Å². The number of hydrogen-bond donors (Lipinski definition) is 1. The maximum Gasteiger partial charge on any atom is 0.311 e. The molecule has 3 rings (SSSR count). The minimum Gasteiger partial charge on any atom is -0.481 e. The molecule has 2 aromatic rings. The SMILES string of the molecule is Cc1coc(CC(=O)O)c1C(=O)N1CCCc2cc(F)ccc21. The predicted molar refractivity (Wildman–Crippen MR) is 81.2 cm³/mol. The highest BCUT2D eigenvalue weighted by molar-refractivity contribution is 6.08. The van der Waals surface area contributed by atoms with Crippen LogP contribution in [0.15, 0.2) is 28.9 Å². The first-order valence-electron chi connectivity index (χ1n) is 7.36. The van der Waals surface area contributed by atoms with Crippen LogP contribution in [0.2, 0.25) is 0 Å². The molecule has 2 heterocycles. The van der Waals surface area contributed by atoms with Crippen LogP contribution in [-0.2, 0) is 17.6 Å². The highest BCUT2D eigenvalue weighted by Crippen LogP contribution is 2.30. The third-order valence-electron chi connectivity index (χ3n) is 3.98. The first-order chi connectivity index (χ1) is 11.0. The Labute approximate surface area is 132 Å². The monoisotopic (exact) mass is 317 g/mol. The standard InChI is InChI=1S/C17H16FNO4/c1-10-9-23-14(8-15(20)21)16(10)17(22)19-6-2-3-11-7-12(18)4-5-13(11)19/h4-5,7,9H,2-3,6,8H2,1H3,(H,20,21). The molecule has 0 unspecified atom stereocenters. The number of halogens is 1. The largest absolute Gasteiger partial charge is 0.481 e. The Bertz CT molecular complexity index is 781. The summed E-state index contributed by atoms with van der Waals surface area (Å²) in [6, 6.07) is 4.36. The van der Waals surface area contributed by atoms with Crippen molar-refractivity contribution in [3.05, 3.63) is 52.7 Å². The molecule has 1 amide bonds. The molecular weight excluding hydrogens is 301 g/mol. The zero-order valence-electron chi connectivity index (χ0n) is 12.6. The van der Waals surface area contributed by atoms with Crippen molar-refractivity contribution in [1.29, 1.82) is 0 Å². The van der Waals surface area contributed by atoms with Crippen molar-refractivity contribution in [1.82, 2.24) is 0 Å². The molecule has 120 valence electrons. The second-order valence-corrected chi connectivity index (χ2v) is 5.62. The van der Waals surface area contributed by atoms with Crippen LogP contribution in [0.5, 0.6) is 0 Å². The first-order valence-corrected chi connectivity index (χ1v) is 7.36. The van der Waals surface area contributed by atoms with E-state index in [9.17, 15) is 14.0 Å². The van der Waals surface area contributed by atoms with Gasteiger partial charge in [-0.05, 0) is 43.5 Å². The summed E-state index contributed by atoms with van der Waals surface area (Å²) in [4.78, 5) is 25.4.